The second kappa shape index (κ2) is 11.1. The molecule has 3 amide bonds. The van der Waals surface area contributed by atoms with Crippen molar-refractivity contribution in [1.82, 2.24) is 4.90 Å². The fourth-order valence-corrected chi connectivity index (χ4v) is 4.22. The zero-order chi connectivity index (χ0) is 24.8. The van der Waals surface area contributed by atoms with Crippen molar-refractivity contribution in [1.29, 1.82) is 0 Å². The first-order valence-corrected chi connectivity index (χ1v) is 11.8. The van der Waals surface area contributed by atoms with Crippen LogP contribution in [0.15, 0.2) is 77.7 Å². The van der Waals surface area contributed by atoms with Crippen LogP contribution in [0.3, 0.4) is 0 Å². The summed E-state index contributed by atoms with van der Waals surface area (Å²) in [6.45, 7) is -0.0716. The molecule has 0 radical (unpaired) electrons. The highest BCUT2D eigenvalue weighted by atomic mass is 35.5. The lowest BCUT2D eigenvalue weighted by molar-refractivity contribution is -0.127. The van der Waals surface area contributed by atoms with Gasteiger partial charge in [-0.05, 0) is 65.9 Å². The summed E-state index contributed by atoms with van der Waals surface area (Å²) in [4.78, 5) is 38.9. The molecule has 1 aliphatic rings. The van der Waals surface area contributed by atoms with Crippen LogP contribution in [0.4, 0.5) is 10.5 Å². The maximum absolute atomic E-state index is 12.9. The van der Waals surface area contributed by atoms with E-state index >= 15 is 0 Å². The molecule has 1 fully saturated rings. The van der Waals surface area contributed by atoms with Crippen molar-refractivity contribution < 1.29 is 23.9 Å². The number of imide groups is 1. The normalized spacial score (nSPS) is 14.3. The van der Waals surface area contributed by atoms with E-state index in [0.717, 1.165) is 22.2 Å². The van der Waals surface area contributed by atoms with Crippen molar-refractivity contribution in [2.45, 2.75) is 6.61 Å². The molecule has 3 aromatic rings. The highest BCUT2D eigenvalue weighted by Crippen LogP contribution is 2.34. The van der Waals surface area contributed by atoms with Gasteiger partial charge in [0.15, 0.2) is 0 Å². The second-order valence-corrected chi connectivity index (χ2v) is 8.93. The zero-order valence-corrected chi connectivity index (χ0v) is 20.3. The molecule has 9 heteroatoms. The summed E-state index contributed by atoms with van der Waals surface area (Å²) in [6, 6.07) is 21.3. The van der Waals surface area contributed by atoms with Gasteiger partial charge in [-0.2, -0.15) is 0 Å². The molecule has 178 valence electrons. The first-order chi connectivity index (χ1) is 16.9. The third kappa shape index (κ3) is 6.23. The van der Waals surface area contributed by atoms with Gasteiger partial charge in [-0.1, -0.05) is 41.9 Å². The van der Waals surface area contributed by atoms with Gasteiger partial charge < -0.3 is 14.8 Å². The molecule has 0 bridgehead atoms. The van der Waals surface area contributed by atoms with E-state index in [1.807, 2.05) is 24.3 Å². The van der Waals surface area contributed by atoms with Crippen molar-refractivity contribution in [3.05, 3.63) is 93.9 Å². The number of hydrogen-bond acceptors (Lipinski definition) is 6. The van der Waals surface area contributed by atoms with Gasteiger partial charge >= 0.3 is 0 Å². The van der Waals surface area contributed by atoms with Gasteiger partial charge in [0.25, 0.3) is 11.1 Å². The van der Waals surface area contributed by atoms with Gasteiger partial charge in [0.05, 0.1) is 12.0 Å². The molecule has 0 aromatic heterocycles. The molecular weight excluding hydrogens is 488 g/mol. The minimum absolute atomic E-state index is 0.217. The SMILES string of the molecule is COc1ccc(NC(=O)CN2C(=O)S/C(=C/c3ccccc3OCc3ccc(Cl)cc3)C2=O)cc1. The number of thioether (sulfide) groups is 1. The van der Waals surface area contributed by atoms with Gasteiger partial charge in [-0.15, -0.1) is 0 Å². The average molecular weight is 509 g/mol. The van der Waals surface area contributed by atoms with Crippen LogP contribution in [0.2, 0.25) is 5.02 Å². The Morgan fingerprint density at radius 2 is 1.74 bits per heavy atom. The standard InChI is InChI=1S/C26H21ClN2O5S/c1-33-21-12-10-20(11-13-21)28-24(30)15-29-25(31)23(35-26(29)32)14-18-4-2-3-5-22(18)34-16-17-6-8-19(27)9-7-17/h2-14H,15-16H2,1H3,(H,28,30)/b23-14+. The predicted octanol–water partition coefficient (Wildman–Crippen LogP) is 5.60. The summed E-state index contributed by atoms with van der Waals surface area (Å²) in [6.07, 6.45) is 1.60. The lowest BCUT2D eigenvalue weighted by Crippen LogP contribution is -2.36. The Bertz CT molecular complexity index is 1280. The van der Waals surface area contributed by atoms with E-state index in [1.54, 1.807) is 61.7 Å². The Kier molecular flexibility index (Phi) is 7.74. The lowest BCUT2D eigenvalue weighted by atomic mass is 10.1. The van der Waals surface area contributed by atoms with E-state index in [9.17, 15) is 14.4 Å². The van der Waals surface area contributed by atoms with E-state index in [0.29, 0.717) is 34.4 Å². The number of hydrogen-bond donors (Lipinski definition) is 1. The van der Waals surface area contributed by atoms with Crippen LogP contribution < -0.4 is 14.8 Å². The fourth-order valence-electron chi connectivity index (χ4n) is 3.27. The van der Waals surface area contributed by atoms with Crippen LogP contribution in [0.5, 0.6) is 11.5 Å². The molecule has 4 rings (SSSR count). The van der Waals surface area contributed by atoms with Gasteiger partial charge in [0.2, 0.25) is 5.91 Å². The van der Waals surface area contributed by atoms with Crippen LogP contribution in [-0.2, 0) is 16.2 Å². The van der Waals surface area contributed by atoms with Gasteiger partial charge in [-0.3, -0.25) is 19.3 Å². The molecule has 1 aliphatic heterocycles. The second-order valence-electron chi connectivity index (χ2n) is 7.50. The number of halogens is 1. The number of methoxy groups -OCH3 is 1. The molecule has 0 spiro atoms. The third-order valence-electron chi connectivity index (χ3n) is 5.06. The number of rotatable bonds is 8. The third-order valence-corrected chi connectivity index (χ3v) is 6.22. The van der Waals surface area contributed by atoms with E-state index in [1.165, 1.54) is 0 Å². The van der Waals surface area contributed by atoms with Crippen molar-refractivity contribution in [3.8, 4) is 11.5 Å². The van der Waals surface area contributed by atoms with Gasteiger partial charge in [0.1, 0.15) is 24.7 Å². The predicted molar refractivity (Wildman–Crippen MR) is 137 cm³/mol. The molecule has 1 saturated heterocycles. The summed E-state index contributed by atoms with van der Waals surface area (Å²) in [5.41, 5.74) is 2.12. The quantitative estimate of drug-likeness (QED) is 0.398. The molecule has 35 heavy (non-hydrogen) atoms. The average Bonchev–Trinajstić information content (AvgIpc) is 3.12. The smallest absolute Gasteiger partial charge is 0.294 e. The molecular formula is C26H21ClN2O5S. The summed E-state index contributed by atoms with van der Waals surface area (Å²) in [7, 11) is 1.55. The summed E-state index contributed by atoms with van der Waals surface area (Å²) in [5, 5.41) is 2.81. The van der Waals surface area contributed by atoms with Crippen LogP contribution in [0, 0.1) is 0 Å². The van der Waals surface area contributed by atoms with Crippen LogP contribution in [0.25, 0.3) is 6.08 Å². The Labute approximate surface area is 211 Å². The maximum atomic E-state index is 12.9. The minimum Gasteiger partial charge on any atom is -0.497 e. The van der Waals surface area contributed by atoms with E-state index in [2.05, 4.69) is 5.32 Å². The maximum Gasteiger partial charge on any atom is 0.294 e. The van der Waals surface area contributed by atoms with Gasteiger partial charge in [-0.25, -0.2) is 0 Å². The Morgan fingerprint density at radius 3 is 2.46 bits per heavy atom. The molecule has 0 saturated carbocycles. The molecule has 0 unspecified atom stereocenters. The number of anilines is 1. The van der Waals surface area contributed by atoms with Gasteiger partial charge in [0, 0.05) is 16.3 Å². The van der Waals surface area contributed by atoms with Crippen molar-refractivity contribution in [2.24, 2.45) is 0 Å². The molecule has 7 nitrogen and oxygen atoms in total. The Hall–Kier alpha value is -3.75. The summed E-state index contributed by atoms with van der Waals surface area (Å²) >= 11 is 6.71. The van der Waals surface area contributed by atoms with Crippen molar-refractivity contribution >= 4 is 52.2 Å². The molecule has 1 N–H and O–H groups in total. The minimum atomic E-state index is -0.530. The van der Waals surface area contributed by atoms with Crippen molar-refractivity contribution in [3.63, 3.8) is 0 Å². The number of para-hydroxylation sites is 1. The summed E-state index contributed by atoms with van der Waals surface area (Å²) in [5.74, 6) is 0.200. The van der Waals surface area contributed by atoms with Crippen LogP contribution in [-0.4, -0.2) is 35.6 Å². The highest BCUT2D eigenvalue weighted by molar-refractivity contribution is 8.18. The fraction of sp³-hybridized carbons (Fsp3) is 0.115. The first kappa shape index (κ1) is 24.4. The Morgan fingerprint density at radius 1 is 1.03 bits per heavy atom. The summed E-state index contributed by atoms with van der Waals surface area (Å²) < 4.78 is 11.0. The molecule has 3 aromatic carbocycles. The number of ether oxygens (including phenoxy) is 2. The monoisotopic (exact) mass is 508 g/mol. The van der Waals surface area contributed by atoms with Crippen LogP contribution >= 0.6 is 23.4 Å². The number of amides is 3. The number of nitrogens with one attached hydrogen (secondary N) is 1. The van der Waals surface area contributed by atoms with E-state index in [-0.39, 0.29) is 11.4 Å². The first-order valence-electron chi connectivity index (χ1n) is 10.6. The molecule has 0 atom stereocenters. The van der Waals surface area contributed by atoms with E-state index < -0.39 is 17.1 Å². The number of nitrogens with zero attached hydrogens (tertiary/aromatic N) is 1. The number of benzene rings is 3. The van der Waals surface area contributed by atoms with Crippen molar-refractivity contribution in [2.75, 3.05) is 19.0 Å². The van der Waals surface area contributed by atoms with E-state index in [4.69, 9.17) is 21.1 Å². The lowest BCUT2D eigenvalue weighted by Gasteiger charge is -2.13. The zero-order valence-electron chi connectivity index (χ0n) is 18.7. The highest BCUT2D eigenvalue weighted by Gasteiger charge is 2.36. The largest absolute Gasteiger partial charge is 0.497 e. The Balaban J connectivity index is 1.42. The number of carbonyl (C=O) groups is 3. The molecule has 0 aliphatic carbocycles. The van der Waals surface area contributed by atoms with Crippen LogP contribution in [0.1, 0.15) is 11.1 Å². The topological polar surface area (TPSA) is 84.9 Å². The molecule has 1 heterocycles. The number of carbonyl (C=O) groups excluding carboxylic acids is 3.